The van der Waals surface area contributed by atoms with Crippen molar-refractivity contribution in [1.82, 2.24) is 0 Å². The minimum atomic E-state index is -1.12. The first-order chi connectivity index (χ1) is 7.60. The number of aliphatic hydroxyl groups is 3. The molecule has 0 aliphatic carbocycles. The van der Waals surface area contributed by atoms with Crippen molar-refractivity contribution in [2.75, 3.05) is 19.5 Å². The highest BCUT2D eigenvalue weighted by atomic mass is 16.5. The molecule has 0 aromatic heterocycles. The van der Waals surface area contributed by atoms with Crippen molar-refractivity contribution in [2.45, 2.75) is 18.6 Å². The van der Waals surface area contributed by atoms with Crippen molar-refractivity contribution < 1.29 is 20.1 Å². The quantitative estimate of drug-likeness (QED) is 0.533. The van der Waals surface area contributed by atoms with Gasteiger partial charge < -0.3 is 25.8 Å². The maximum Gasteiger partial charge on any atom is 0.124 e. The lowest BCUT2D eigenvalue weighted by Gasteiger charge is -2.19. The summed E-state index contributed by atoms with van der Waals surface area (Å²) >= 11 is 0. The van der Waals surface area contributed by atoms with Crippen LogP contribution in [0.15, 0.2) is 18.2 Å². The number of anilines is 1. The Morgan fingerprint density at radius 2 is 2.06 bits per heavy atom. The van der Waals surface area contributed by atoms with E-state index in [1.54, 1.807) is 18.2 Å². The predicted octanol–water partition coefficient (Wildman–Crippen LogP) is 0.0541. The topological polar surface area (TPSA) is 95.9 Å². The fourth-order valence-electron chi connectivity index (χ4n) is 1.48. The zero-order valence-corrected chi connectivity index (χ0v) is 9.13. The van der Waals surface area contributed by atoms with E-state index in [4.69, 9.17) is 15.6 Å². The van der Waals surface area contributed by atoms with E-state index in [1.165, 1.54) is 7.11 Å². The lowest BCUT2D eigenvalue weighted by Crippen LogP contribution is -2.20. The second-order valence-electron chi connectivity index (χ2n) is 3.53. The normalized spacial score (nSPS) is 14.5. The molecule has 2 unspecified atom stereocenters. The molecule has 0 aliphatic rings. The molecule has 1 rings (SSSR count). The SMILES string of the molecule is COc1ccc(N)cc1C(O)C(O)CCO. The fraction of sp³-hybridized carbons (Fsp3) is 0.455. The maximum atomic E-state index is 9.86. The van der Waals surface area contributed by atoms with Crippen molar-refractivity contribution in [3.63, 3.8) is 0 Å². The third-order valence-electron chi connectivity index (χ3n) is 2.36. The van der Waals surface area contributed by atoms with Gasteiger partial charge in [-0.3, -0.25) is 0 Å². The van der Waals surface area contributed by atoms with Crippen molar-refractivity contribution in [1.29, 1.82) is 0 Å². The summed E-state index contributed by atoms with van der Waals surface area (Å²) < 4.78 is 5.06. The molecule has 0 spiro atoms. The Labute approximate surface area is 94.1 Å². The van der Waals surface area contributed by atoms with E-state index < -0.39 is 12.2 Å². The molecule has 0 heterocycles. The number of ether oxygens (including phenoxy) is 1. The summed E-state index contributed by atoms with van der Waals surface area (Å²) in [5.74, 6) is 0.457. The lowest BCUT2D eigenvalue weighted by atomic mass is 10.0. The molecule has 0 saturated heterocycles. The standard InChI is InChI=1S/C11H17NO4/c1-16-10-3-2-7(12)6-8(10)11(15)9(14)4-5-13/h2-3,6,9,11,13-15H,4-5,12H2,1H3. The van der Waals surface area contributed by atoms with E-state index in [1.807, 2.05) is 0 Å². The van der Waals surface area contributed by atoms with Crippen LogP contribution in [0.4, 0.5) is 5.69 Å². The Bertz CT molecular complexity index is 343. The number of nitrogen functional groups attached to an aromatic ring is 1. The lowest BCUT2D eigenvalue weighted by molar-refractivity contribution is 0.00307. The van der Waals surface area contributed by atoms with Gasteiger partial charge in [-0.15, -0.1) is 0 Å². The average Bonchev–Trinajstić information content (AvgIpc) is 2.28. The van der Waals surface area contributed by atoms with Gasteiger partial charge in [0.25, 0.3) is 0 Å². The van der Waals surface area contributed by atoms with Gasteiger partial charge in [0.2, 0.25) is 0 Å². The molecule has 5 N–H and O–H groups in total. The van der Waals surface area contributed by atoms with Gasteiger partial charge in [0.1, 0.15) is 11.9 Å². The monoisotopic (exact) mass is 227 g/mol. The molecule has 1 aromatic carbocycles. The summed E-state index contributed by atoms with van der Waals surface area (Å²) in [6.07, 6.45) is -2.06. The second-order valence-corrected chi connectivity index (χ2v) is 3.53. The van der Waals surface area contributed by atoms with Crippen LogP contribution in [-0.2, 0) is 0 Å². The van der Waals surface area contributed by atoms with Crippen molar-refractivity contribution in [3.05, 3.63) is 23.8 Å². The third-order valence-corrected chi connectivity index (χ3v) is 2.36. The Morgan fingerprint density at radius 3 is 2.62 bits per heavy atom. The van der Waals surface area contributed by atoms with Crippen LogP contribution in [-0.4, -0.2) is 35.1 Å². The molecule has 16 heavy (non-hydrogen) atoms. The summed E-state index contributed by atoms with van der Waals surface area (Å²) in [4.78, 5) is 0. The summed E-state index contributed by atoms with van der Waals surface area (Å²) in [6, 6.07) is 4.82. The van der Waals surface area contributed by atoms with Crippen LogP contribution in [0.1, 0.15) is 18.1 Å². The highest BCUT2D eigenvalue weighted by Gasteiger charge is 2.21. The van der Waals surface area contributed by atoms with Crippen LogP contribution in [0.5, 0.6) is 5.75 Å². The van der Waals surface area contributed by atoms with E-state index in [2.05, 4.69) is 0 Å². The Morgan fingerprint density at radius 1 is 1.38 bits per heavy atom. The van der Waals surface area contributed by atoms with Crippen molar-refractivity contribution in [3.8, 4) is 5.75 Å². The second kappa shape index (κ2) is 5.69. The van der Waals surface area contributed by atoms with Gasteiger partial charge in [0, 0.05) is 17.9 Å². The van der Waals surface area contributed by atoms with E-state index in [0.717, 1.165) is 0 Å². The first kappa shape index (κ1) is 12.8. The molecule has 0 radical (unpaired) electrons. The molecule has 0 amide bonds. The van der Waals surface area contributed by atoms with Crippen LogP contribution >= 0.6 is 0 Å². The van der Waals surface area contributed by atoms with Crippen LogP contribution in [0, 0.1) is 0 Å². The molecule has 2 atom stereocenters. The summed E-state index contributed by atoms with van der Waals surface area (Å²) in [7, 11) is 1.47. The number of methoxy groups -OCH3 is 1. The maximum absolute atomic E-state index is 9.86. The average molecular weight is 227 g/mol. The zero-order valence-electron chi connectivity index (χ0n) is 9.13. The molecule has 0 bridgehead atoms. The number of aliphatic hydroxyl groups excluding tert-OH is 3. The number of nitrogens with two attached hydrogens (primary N) is 1. The first-order valence-corrected chi connectivity index (χ1v) is 5.00. The molecule has 5 nitrogen and oxygen atoms in total. The summed E-state index contributed by atoms with van der Waals surface area (Å²) in [5, 5.41) is 28.1. The molecule has 1 aromatic rings. The van der Waals surface area contributed by atoms with Crippen molar-refractivity contribution >= 4 is 5.69 Å². The summed E-state index contributed by atoms with van der Waals surface area (Å²) in [6.45, 7) is -0.192. The number of hydrogen-bond donors (Lipinski definition) is 4. The van der Waals surface area contributed by atoms with Gasteiger partial charge in [0.15, 0.2) is 0 Å². The van der Waals surface area contributed by atoms with Gasteiger partial charge in [-0.1, -0.05) is 0 Å². The molecule has 0 aliphatic heterocycles. The highest BCUT2D eigenvalue weighted by Crippen LogP contribution is 2.29. The van der Waals surface area contributed by atoms with Crippen LogP contribution in [0.3, 0.4) is 0 Å². The minimum Gasteiger partial charge on any atom is -0.496 e. The summed E-state index contributed by atoms with van der Waals surface area (Å²) in [5.41, 5.74) is 6.49. The van der Waals surface area contributed by atoms with E-state index in [9.17, 15) is 10.2 Å². The van der Waals surface area contributed by atoms with Gasteiger partial charge in [0.05, 0.1) is 13.2 Å². The number of rotatable bonds is 5. The van der Waals surface area contributed by atoms with Crippen LogP contribution in [0.25, 0.3) is 0 Å². The minimum absolute atomic E-state index is 0.0963. The molecule has 0 fully saturated rings. The van der Waals surface area contributed by atoms with E-state index in [-0.39, 0.29) is 13.0 Å². The Balaban J connectivity index is 2.96. The zero-order chi connectivity index (χ0) is 12.1. The van der Waals surface area contributed by atoms with Gasteiger partial charge in [-0.25, -0.2) is 0 Å². The largest absolute Gasteiger partial charge is 0.496 e. The molecule has 5 heteroatoms. The predicted molar refractivity (Wildman–Crippen MR) is 60.1 cm³/mol. The van der Waals surface area contributed by atoms with Crippen molar-refractivity contribution in [2.24, 2.45) is 0 Å². The van der Waals surface area contributed by atoms with E-state index in [0.29, 0.717) is 17.0 Å². The molecular formula is C11H17NO4. The van der Waals surface area contributed by atoms with Gasteiger partial charge in [-0.2, -0.15) is 0 Å². The van der Waals surface area contributed by atoms with Gasteiger partial charge in [-0.05, 0) is 24.6 Å². The van der Waals surface area contributed by atoms with Crippen LogP contribution in [0.2, 0.25) is 0 Å². The number of benzene rings is 1. The Hall–Kier alpha value is -1.30. The smallest absolute Gasteiger partial charge is 0.124 e. The van der Waals surface area contributed by atoms with E-state index >= 15 is 0 Å². The number of hydrogen-bond acceptors (Lipinski definition) is 5. The Kier molecular flexibility index (Phi) is 4.54. The molecular weight excluding hydrogens is 210 g/mol. The molecule has 90 valence electrons. The third kappa shape index (κ3) is 2.85. The fourth-order valence-corrected chi connectivity index (χ4v) is 1.48. The first-order valence-electron chi connectivity index (χ1n) is 5.00. The van der Waals surface area contributed by atoms with Gasteiger partial charge >= 0.3 is 0 Å². The van der Waals surface area contributed by atoms with Crippen LogP contribution < -0.4 is 10.5 Å². The molecule has 0 saturated carbocycles. The highest BCUT2D eigenvalue weighted by molar-refractivity contribution is 5.49.